The molecule has 0 aliphatic heterocycles. The summed E-state index contributed by atoms with van der Waals surface area (Å²) in [5.74, 6) is -0.962. The molecule has 182 valence electrons. The zero-order valence-electron chi connectivity index (χ0n) is 18.9. The second-order valence-electron chi connectivity index (χ2n) is 7.63. The fourth-order valence-electron chi connectivity index (χ4n) is 3.75. The Morgan fingerprint density at radius 1 is 1.17 bits per heavy atom. The first-order chi connectivity index (χ1) is 16.7. The number of carbonyl (C=O) groups is 1. The SMILES string of the molecule is COc1cc2c(C(=O)O)c(-c3ccc(Nc4cccnc4)cc3)oc2cc1N(CCO)S(C)(=O)=O. The summed E-state index contributed by atoms with van der Waals surface area (Å²) in [6.45, 7) is -0.622. The second kappa shape index (κ2) is 9.65. The third kappa shape index (κ3) is 4.91. The van der Waals surface area contributed by atoms with E-state index in [2.05, 4.69) is 10.3 Å². The number of aromatic carboxylic acids is 1. The normalized spacial score (nSPS) is 11.4. The number of methoxy groups -OCH3 is 1. The number of sulfonamides is 1. The molecular formula is C24H23N3O7S. The van der Waals surface area contributed by atoms with Crippen LogP contribution in [0.1, 0.15) is 10.4 Å². The number of furan rings is 1. The molecule has 0 saturated heterocycles. The molecule has 11 heteroatoms. The quantitative estimate of drug-likeness (QED) is 0.315. The molecule has 2 aromatic carbocycles. The lowest BCUT2D eigenvalue weighted by Gasteiger charge is -2.23. The van der Waals surface area contributed by atoms with E-state index >= 15 is 0 Å². The first-order valence-electron chi connectivity index (χ1n) is 10.5. The lowest BCUT2D eigenvalue weighted by molar-refractivity contribution is 0.0699. The van der Waals surface area contributed by atoms with Crippen molar-refractivity contribution in [2.45, 2.75) is 0 Å². The third-order valence-electron chi connectivity index (χ3n) is 5.27. The van der Waals surface area contributed by atoms with Crippen LogP contribution in [0.25, 0.3) is 22.3 Å². The molecular weight excluding hydrogens is 474 g/mol. The predicted molar refractivity (Wildman–Crippen MR) is 132 cm³/mol. The number of hydrogen-bond donors (Lipinski definition) is 3. The molecule has 4 rings (SSSR count). The zero-order valence-corrected chi connectivity index (χ0v) is 19.7. The van der Waals surface area contributed by atoms with E-state index in [1.54, 1.807) is 42.7 Å². The summed E-state index contributed by atoms with van der Waals surface area (Å²) in [6, 6.07) is 13.5. The van der Waals surface area contributed by atoms with Crippen LogP contribution in [0, 0.1) is 0 Å². The minimum atomic E-state index is -3.76. The summed E-state index contributed by atoms with van der Waals surface area (Å²) in [5.41, 5.74) is 2.30. The van der Waals surface area contributed by atoms with Crippen molar-refractivity contribution in [3.63, 3.8) is 0 Å². The van der Waals surface area contributed by atoms with E-state index in [1.807, 2.05) is 6.07 Å². The van der Waals surface area contributed by atoms with Crippen LogP contribution in [0.4, 0.5) is 17.1 Å². The minimum absolute atomic E-state index is 0.0779. The number of anilines is 3. The van der Waals surface area contributed by atoms with Gasteiger partial charge in [0.05, 0.1) is 44.1 Å². The maximum atomic E-state index is 12.3. The van der Waals surface area contributed by atoms with E-state index in [0.717, 1.165) is 21.9 Å². The molecule has 0 aliphatic rings. The van der Waals surface area contributed by atoms with E-state index in [4.69, 9.17) is 9.15 Å². The zero-order chi connectivity index (χ0) is 25.2. The van der Waals surface area contributed by atoms with E-state index in [0.29, 0.717) is 5.56 Å². The molecule has 10 nitrogen and oxygen atoms in total. The average molecular weight is 498 g/mol. The molecule has 0 unspecified atom stereocenters. The highest BCUT2D eigenvalue weighted by atomic mass is 32.2. The predicted octanol–water partition coefficient (Wildman–Crippen LogP) is 3.70. The standard InChI is InChI=1S/C24H23N3O7S/c1-33-21-12-18-20(13-19(21)27(10-11-28)35(2,31)32)34-23(22(18)24(29)30)15-5-7-16(8-6-15)26-17-4-3-9-25-14-17/h3-9,12-14,26,28H,10-11H2,1-2H3,(H,29,30). The molecule has 0 aliphatic carbocycles. The Morgan fingerprint density at radius 2 is 1.91 bits per heavy atom. The Balaban J connectivity index is 1.81. The van der Waals surface area contributed by atoms with Crippen LogP contribution < -0.4 is 14.4 Å². The van der Waals surface area contributed by atoms with E-state index in [1.165, 1.54) is 19.2 Å². The molecule has 0 amide bonds. The number of hydrogen-bond acceptors (Lipinski definition) is 8. The van der Waals surface area contributed by atoms with Crippen LogP contribution in [0.5, 0.6) is 5.75 Å². The fourth-order valence-corrected chi connectivity index (χ4v) is 4.66. The Bertz CT molecular complexity index is 1470. The van der Waals surface area contributed by atoms with Gasteiger partial charge in [-0.1, -0.05) is 0 Å². The summed E-state index contributed by atoms with van der Waals surface area (Å²) in [6.07, 6.45) is 4.35. The number of fused-ring (bicyclic) bond motifs is 1. The highest BCUT2D eigenvalue weighted by Crippen LogP contribution is 2.41. The van der Waals surface area contributed by atoms with Crippen LogP contribution in [-0.2, 0) is 10.0 Å². The molecule has 0 radical (unpaired) electrons. The van der Waals surface area contributed by atoms with Crippen LogP contribution in [-0.4, -0.2) is 56.1 Å². The number of nitrogens with zero attached hydrogens (tertiary/aromatic N) is 2. The smallest absolute Gasteiger partial charge is 0.340 e. The number of carboxylic acids is 1. The number of nitrogens with one attached hydrogen (secondary N) is 1. The van der Waals surface area contributed by atoms with Gasteiger partial charge in [-0.25, -0.2) is 13.2 Å². The molecule has 4 aromatic rings. The van der Waals surface area contributed by atoms with Gasteiger partial charge in [0, 0.05) is 28.9 Å². The third-order valence-corrected chi connectivity index (χ3v) is 6.45. The summed E-state index contributed by atoms with van der Waals surface area (Å²) in [4.78, 5) is 16.3. The lowest BCUT2D eigenvalue weighted by atomic mass is 10.0. The van der Waals surface area contributed by atoms with Crippen molar-refractivity contribution in [3.05, 3.63) is 66.5 Å². The number of carboxylic acid groups (broad SMARTS) is 1. The largest absolute Gasteiger partial charge is 0.495 e. The minimum Gasteiger partial charge on any atom is -0.495 e. The van der Waals surface area contributed by atoms with Gasteiger partial charge < -0.3 is 24.7 Å². The van der Waals surface area contributed by atoms with Gasteiger partial charge in [-0.05, 0) is 42.5 Å². The van der Waals surface area contributed by atoms with Crippen LogP contribution >= 0.6 is 0 Å². The Morgan fingerprint density at radius 3 is 2.49 bits per heavy atom. The molecule has 0 atom stereocenters. The molecule has 2 heterocycles. The maximum absolute atomic E-state index is 12.3. The molecule has 0 bridgehead atoms. The maximum Gasteiger partial charge on any atom is 0.340 e. The first kappa shape index (κ1) is 24.0. The van der Waals surface area contributed by atoms with Crippen molar-refractivity contribution in [1.82, 2.24) is 4.98 Å². The number of ether oxygens (including phenoxy) is 1. The average Bonchev–Trinajstić information content (AvgIpc) is 3.20. The molecule has 0 saturated carbocycles. The fraction of sp³-hybridized carbons (Fsp3) is 0.167. The molecule has 0 fully saturated rings. The Labute approximate surface area is 201 Å². The molecule has 2 aromatic heterocycles. The van der Waals surface area contributed by atoms with E-state index in [-0.39, 0.29) is 40.3 Å². The van der Waals surface area contributed by atoms with E-state index in [9.17, 15) is 23.4 Å². The van der Waals surface area contributed by atoms with Gasteiger partial charge in [0.15, 0.2) is 0 Å². The summed E-state index contributed by atoms with van der Waals surface area (Å²) in [7, 11) is -2.41. The lowest BCUT2D eigenvalue weighted by Crippen LogP contribution is -2.32. The monoisotopic (exact) mass is 497 g/mol. The molecule has 0 spiro atoms. The summed E-state index contributed by atoms with van der Waals surface area (Å²) >= 11 is 0. The number of rotatable bonds is 9. The van der Waals surface area contributed by atoms with Crippen LogP contribution in [0.15, 0.2) is 65.3 Å². The first-order valence-corrected chi connectivity index (χ1v) is 12.3. The highest BCUT2D eigenvalue weighted by Gasteiger charge is 2.27. The van der Waals surface area contributed by atoms with Gasteiger partial charge in [0.25, 0.3) is 0 Å². The van der Waals surface area contributed by atoms with Gasteiger partial charge in [-0.15, -0.1) is 0 Å². The van der Waals surface area contributed by atoms with Crippen molar-refractivity contribution < 1.29 is 32.6 Å². The van der Waals surface area contributed by atoms with E-state index < -0.39 is 22.6 Å². The van der Waals surface area contributed by atoms with Gasteiger partial charge >= 0.3 is 5.97 Å². The van der Waals surface area contributed by atoms with Crippen molar-refractivity contribution in [2.24, 2.45) is 0 Å². The Kier molecular flexibility index (Phi) is 6.63. The van der Waals surface area contributed by atoms with Crippen LogP contribution in [0.2, 0.25) is 0 Å². The highest BCUT2D eigenvalue weighted by molar-refractivity contribution is 7.92. The summed E-state index contributed by atoms with van der Waals surface area (Å²) in [5, 5.41) is 22.8. The van der Waals surface area contributed by atoms with Crippen molar-refractivity contribution in [1.29, 1.82) is 0 Å². The summed E-state index contributed by atoms with van der Waals surface area (Å²) < 4.78 is 36.9. The Hall–Kier alpha value is -4.09. The van der Waals surface area contributed by atoms with Crippen molar-refractivity contribution in [2.75, 3.05) is 36.1 Å². The van der Waals surface area contributed by atoms with Crippen molar-refractivity contribution in [3.8, 4) is 17.1 Å². The topological polar surface area (TPSA) is 142 Å². The number of aromatic nitrogens is 1. The number of aliphatic hydroxyl groups excluding tert-OH is 1. The van der Waals surface area contributed by atoms with Gasteiger partial charge in [0.2, 0.25) is 10.0 Å². The second-order valence-corrected chi connectivity index (χ2v) is 9.54. The molecule has 3 N–H and O–H groups in total. The molecule has 35 heavy (non-hydrogen) atoms. The number of aliphatic hydroxyl groups is 1. The van der Waals surface area contributed by atoms with Crippen LogP contribution in [0.3, 0.4) is 0 Å². The van der Waals surface area contributed by atoms with Gasteiger partial charge in [-0.2, -0.15) is 0 Å². The number of pyridine rings is 1. The van der Waals surface area contributed by atoms with Gasteiger partial charge in [0.1, 0.15) is 22.7 Å². The van der Waals surface area contributed by atoms with Crippen molar-refractivity contribution >= 4 is 44.0 Å². The number of benzene rings is 2. The van der Waals surface area contributed by atoms with Gasteiger partial charge in [-0.3, -0.25) is 9.29 Å².